The molecule has 0 aromatic carbocycles. The lowest BCUT2D eigenvalue weighted by Crippen LogP contribution is -2.10. The molecule has 2 rings (SSSR count). The lowest BCUT2D eigenvalue weighted by molar-refractivity contribution is 0.103. The van der Waals surface area contributed by atoms with Crippen molar-refractivity contribution < 1.29 is 4.79 Å². The Hall–Kier alpha value is -2.08. The summed E-state index contributed by atoms with van der Waals surface area (Å²) in [6.07, 6.45) is 4.79. The average Bonchev–Trinajstić information content (AvgIpc) is 2.78. The van der Waals surface area contributed by atoms with Crippen LogP contribution in [0.5, 0.6) is 0 Å². The molecule has 2 aromatic heterocycles. The maximum absolute atomic E-state index is 12.1. The standard InChI is InChI=1S/C11H13N5O/c1-8-2-4-13-6-9(8)11(17)10-7-16(5-3-12)15-14-10/h2,4,6-7H,3,5,12H2,1H3. The zero-order chi connectivity index (χ0) is 12.3. The molecule has 6 heteroatoms. The second-order valence-electron chi connectivity index (χ2n) is 3.68. The van der Waals surface area contributed by atoms with Crippen LogP contribution in [0.15, 0.2) is 24.7 Å². The van der Waals surface area contributed by atoms with Crippen LogP contribution in [-0.2, 0) is 6.54 Å². The number of aryl methyl sites for hydroxylation is 1. The highest BCUT2D eigenvalue weighted by molar-refractivity contribution is 6.08. The Morgan fingerprint density at radius 3 is 3.06 bits per heavy atom. The van der Waals surface area contributed by atoms with Crippen LogP contribution in [0, 0.1) is 6.92 Å². The van der Waals surface area contributed by atoms with Gasteiger partial charge in [-0.1, -0.05) is 5.21 Å². The normalized spacial score (nSPS) is 10.5. The number of rotatable bonds is 4. The number of hydrogen-bond acceptors (Lipinski definition) is 5. The van der Waals surface area contributed by atoms with Gasteiger partial charge in [0.25, 0.3) is 0 Å². The molecule has 0 aliphatic heterocycles. The Morgan fingerprint density at radius 2 is 2.35 bits per heavy atom. The molecule has 0 fully saturated rings. The molecule has 0 atom stereocenters. The molecule has 88 valence electrons. The van der Waals surface area contributed by atoms with Gasteiger partial charge in [-0.25, -0.2) is 0 Å². The molecule has 0 radical (unpaired) electrons. The van der Waals surface area contributed by atoms with E-state index in [2.05, 4.69) is 15.3 Å². The molecule has 2 heterocycles. The van der Waals surface area contributed by atoms with Crippen LogP contribution in [0.3, 0.4) is 0 Å². The van der Waals surface area contributed by atoms with Crippen LogP contribution < -0.4 is 5.73 Å². The van der Waals surface area contributed by atoms with Gasteiger partial charge in [-0.3, -0.25) is 14.5 Å². The monoisotopic (exact) mass is 231 g/mol. The molecule has 17 heavy (non-hydrogen) atoms. The molecule has 0 amide bonds. The van der Waals surface area contributed by atoms with Crippen molar-refractivity contribution in [1.82, 2.24) is 20.0 Å². The lowest BCUT2D eigenvalue weighted by Gasteiger charge is -2.00. The van der Waals surface area contributed by atoms with E-state index in [1.807, 2.05) is 6.92 Å². The van der Waals surface area contributed by atoms with Gasteiger partial charge < -0.3 is 5.73 Å². The van der Waals surface area contributed by atoms with Crippen LogP contribution in [0.4, 0.5) is 0 Å². The molecule has 0 spiro atoms. The summed E-state index contributed by atoms with van der Waals surface area (Å²) in [5.41, 5.74) is 7.13. The molecular weight excluding hydrogens is 218 g/mol. The van der Waals surface area contributed by atoms with Crippen LogP contribution in [-0.4, -0.2) is 32.3 Å². The van der Waals surface area contributed by atoms with E-state index in [9.17, 15) is 4.79 Å². The number of aromatic nitrogens is 4. The first kappa shape index (κ1) is 11.4. The van der Waals surface area contributed by atoms with Crippen molar-refractivity contribution in [3.8, 4) is 0 Å². The van der Waals surface area contributed by atoms with Crippen LogP contribution in [0.25, 0.3) is 0 Å². The second kappa shape index (κ2) is 4.84. The summed E-state index contributed by atoms with van der Waals surface area (Å²) in [6, 6.07) is 1.79. The van der Waals surface area contributed by atoms with Gasteiger partial charge in [0.1, 0.15) is 0 Å². The number of pyridine rings is 1. The van der Waals surface area contributed by atoms with Gasteiger partial charge >= 0.3 is 0 Å². The molecule has 0 saturated heterocycles. The van der Waals surface area contributed by atoms with Gasteiger partial charge in [0.05, 0.1) is 12.7 Å². The summed E-state index contributed by atoms with van der Waals surface area (Å²) in [4.78, 5) is 16.0. The Bertz CT molecular complexity index is 534. The van der Waals surface area contributed by atoms with E-state index in [0.29, 0.717) is 24.3 Å². The quantitative estimate of drug-likeness (QED) is 0.758. The number of carbonyl (C=O) groups is 1. The lowest BCUT2D eigenvalue weighted by atomic mass is 10.1. The predicted octanol–water partition coefficient (Wildman–Crippen LogP) is 0.171. The fourth-order valence-corrected chi connectivity index (χ4v) is 1.48. The smallest absolute Gasteiger partial charge is 0.216 e. The molecule has 2 N–H and O–H groups in total. The Morgan fingerprint density at radius 1 is 1.53 bits per heavy atom. The van der Waals surface area contributed by atoms with Crippen LogP contribution >= 0.6 is 0 Å². The predicted molar refractivity (Wildman–Crippen MR) is 61.5 cm³/mol. The second-order valence-corrected chi connectivity index (χ2v) is 3.68. The first-order valence-electron chi connectivity index (χ1n) is 5.28. The van der Waals surface area contributed by atoms with Gasteiger partial charge in [0, 0.05) is 24.5 Å². The molecule has 0 aliphatic rings. The first-order chi connectivity index (χ1) is 8.22. The molecule has 6 nitrogen and oxygen atoms in total. The largest absolute Gasteiger partial charge is 0.329 e. The summed E-state index contributed by atoms with van der Waals surface area (Å²) >= 11 is 0. The SMILES string of the molecule is Cc1ccncc1C(=O)c1cn(CCN)nn1. The first-order valence-corrected chi connectivity index (χ1v) is 5.28. The van der Waals surface area contributed by atoms with Gasteiger partial charge in [0.15, 0.2) is 5.69 Å². The fraction of sp³-hybridized carbons (Fsp3) is 0.273. The van der Waals surface area contributed by atoms with Crippen LogP contribution in [0.2, 0.25) is 0 Å². The number of carbonyl (C=O) groups excluding carboxylic acids is 1. The summed E-state index contributed by atoms with van der Waals surface area (Å²) in [6.45, 7) is 2.87. The maximum Gasteiger partial charge on any atom is 0.216 e. The number of ketones is 1. The van der Waals surface area contributed by atoms with Gasteiger partial charge in [-0.15, -0.1) is 5.10 Å². The summed E-state index contributed by atoms with van der Waals surface area (Å²) < 4.78 is 1.55. The van der Waals surface area contributed by atoms with Gasteiger partial charge in [0.2, 0.25) is 5.78 Å². The van der Waals surface area contributed by atoms with Crippen molar-refractivity contribution in [3.05, 3.63) is 41.5 Å². The van der Waals surface area contributed by atoms with Crippen molar-refractivity contribution in [3.63, 3.8) is 0 Å². The molecule has 0 bridgehead atoms. The van der Waals surface area contributed by atoms with E-state index >= 15 is 0 Å². The summed E-state index contributed by atoms with van der Waals surface area (Å²) in [5, 5.41) is 7.66. The van der Waals surface area contributed by atoms with Crippen molar-refractivity contribution >= 4 is 5.78 Å². The Kier molecular flexibility index (Phi) is 3.24. The average molecular weight is 231 g/mol. The zero-order valence-corrected chi connectivity index (χ0v) is 9.50. The molecular formula is C11H13N5O. The van der Waals surface area contributed by atoms with Crippen molar-refractivity contribution in [2.45, 2.75) is 13.5 Å². The number of nitrogens with two attached hydrogens (primary N) is 1. The van der Waals surface area contributed by atoms with E-state index in [1.165, 1.54) is 0 Å². The highest BCUT2D eigenvalue weighted by Crippen LogP contribution is 2.10. The van der Waals surface area contributed by atoms with E-state index in [-0.39, 0.29) is 5.78 Å². The molecule has 0 unspecified atom stereocenters. The van der Waals surface area contributed by atoms with Crippen molar-refractivity contribution in [2.24, 2.45) is 5.73 Å². The highest BCUT2D eigenvalue weighted by atomic mass is 16.1. The van der Waals surface area contributed by atoms with Crippen molar-refractivity contribution in [1.29, 1.82) is 0 Å². The third kappa shape index (κ3) is 2.36. The van der Waals surface area contributed by atoms with E-state index in [1.54, 1.807) is 29.3 Å². The van der Waals surface area contributed by atoms with Gasteiger partial charge in [-0.05, 0) is 18.6 Å². The third-order valence-corrected chi connectivity index (χ3v) is 2.41. The van der Waals surface area contributed by atoms with E-state index < -0.39 is 0 Å². The topological polar surface area (TPSA) is 86.7 Å². The highest BCUT2D eigenvalue weighted by Gasteiger charge is 2.15. The Labute approximate surface area is 98.5 Å². The maximum atomic E-state index is 12.1. The molecule has 2 aromatic rings. The fourth-order valence-electron chi connectivity index (χ4n) is 1.48. The minimum atomic E-state index is -0.168. The summed E-state index contributed by atoms with van der Waals surface area (Å²) in [7, 11) is 0. The van der Waals surface area contributed by atoms with E-state index in [4.69, 9.17) is 5.73 Å². The number of nitrogens with zero attached hydrogens (tertiary/aromatic N) is 4. The van der Waals surface area contributed by atoms with Gasteiger partial charge in [-0.2, -0.15) is 0 Å². The summed E-state index contributed by atoms with van der Waals surface area (Å²) in [5.74, 6) is -0.168. The minimum Gasteiger partial charge on any atom is -0.329 e. The third-order valence-electron chi connectivity index (χ3n) is 2.41. The van der Waals surface area contributed by atoms with Crippen molar-refractivity contribution in [2.75, 3.05) is 6.54 Å². The molecule has 0 saturated carbocycles. The minimum absolute atomic E-state index is 0.168. The zero-order valence-electron chi connectivity index (χ0n) is 9.50. The Balaban J connectivity index is 2.28. The number of hydrogen-bond donors (Lipinski definition) is 1. The van der Waals surface area contributed by atoms with E-state index in [0.717, 1.165) is 5.56 Å². The van der Waals surface area contributed by atoms with Crippen LogP contribution in [0.1, 0.15) is 21.6 Å². The molecule has 0 aliphatic carbocycles.